The van der Waals surface area contributed by atoms with Crippen molar-refractivity contribution < 1.29 is 60.1 Å². The summed E-state index contributed by atoms with van der Waals surface area (Å²) in [4.78, 5) is 68.0. The number of allylic oxidation sites excluding steroid dienone is 1. The Kier molecular flexibility index (Phi) is 13.8. The number of halogens is 3. The van der Waals surface area contributed by atoms with E-state index < -0.39 is 92.9 Å². The molecule has 20 heteroatoms. The standard InChI is InChI=1S/C47H59F3N6O10S/c1-8-28-19-27(4)11-9-10-12-30-23-46(30,43(59)54-67(62,63)34-15-16-34)53-40(57)38-22-33(25-55(38)42(58)39(28)56(44(60)61)45(5,6)47(48,49)50)66-41-35-17-13-31(64-7)20-29(35)21-37(52-41)36-18-14-32(24-51-36)65-26(2)3/h10,12-14,17-18,20-21,24,26-28,30,33-34,38-39H,8-9,11,15-16,19,22-23,25H2,1-7H3,(H,53,57)(H,54,59)(H,60,61)/b12-10-/t27-,28+,30+,33+,38-,39-,46+/m0/s1. The van der Waals surface area contributed by atoms with Gasteiger partial charge in [0.15, 0.2) is 0 Å². The van der Waals surface area contributed by atoms with Crippen molar-refractivity contribution in [3.05, 3.63) is 54.7 Å². The highest BCUT2D eigenvalue weighted by atomic mass is 32.2. The molecule has 2 aliphatic heterocycles. The maximum atomic E-state index is 15.4. The summed E-state index contributed by atoms with van der Waals surface area (Å²) in [5, 5.41) is 13.8. The molecular formula is C47H59F3N6O10S. The summed E-state index contributed by atoms with van der Waals surface area (Å²) >= 11 is 0. The van der Waals surface area contributed by atoms with Gasteiger partial charge in [-0.15, -0.1) is 0 Å². The maximum absolute atomic E-state index is 15.4. The number of nitrogens with one attached hydrogen (secondary N) is 2. The van der Waals surface area contributed by atoms with Crippen molar-refractivity contribution in [3.8, 4) is 28.8 Å². The van der Waals surface area contributed by atoms with Gasteiger partial charge in [0.25, 0.3) is 5.91 Å². The second kappa shape index (κ2) is 18.8. The van der Waals surface area contributed by atoms with Gasteiger partial charge in [0.05, 0.1) is 42.6 Å². The van der Waals surface area contributed by atoms with Gasteiger partial charge in [0.1, 0.15) is 40.8 Å². The number of carboxylic acid groups (broad SMARTS) is 1. The van der Waals surface area contributed by atoms with E-state index in [1.54, 1.807) is 55.6 Å². The summed E-state index contributed by atoms with van der Waals surface area (Å²) < 4.78 is 91.0. The maximum Gasteiger partial charge on any atom is 0.411 e. The highest BCUT2D eigenvalue weighted by Gasteiger charge is 2.63. The number of aromatic nitrogens is 2. The molecule has 7 rings (SSSR count). The van der Waals surface area contributed by atoms with Crippen LogP contribution in [0.5, 0.6) is 17.4 Å². The lowest BCUT2D eigenvalue weighted by Crippen LogP contribution is -2.66. The molecular weight excluding hydrogens is 898 g/mol. The summed E-state index contributed by atoms with van der Waals surface area (Å²) in [6.07, 6.45) is -1.40. The van der Waals surface area contributed by atoms with Crippen LogP contribution in [0.1, 0.15) is 92.9 Å². The van der Waals surface area contributed by atoms with Crippen LogP contribution in [-0.2, 0) is 24.4 Å². The molecule has 2 aliphatic carbocycles. The third kappa shape index (κ3) is 10.3. The fraction of sp³-hybridized carbons (Fsp3) is 0.574. The first kappa shape index (κ1) is 49.3. The third-order valence-corrected chi connectivity index (χ3v) is 15.2. The average molecular weight is 957 g/mol. The first-order chi connectivity index (χ1) is 31.5. The highest BCUT2D eigenvalue weighted by Crippen LogP contribution is 2.47. The number of nitrogens with zero attached hydrogens (tertiary/aromatic N) is 4. The molecule has 0 unspecified atom stereocenters. The van der Waals surface area contributed by atoms with Crippen LogP contribution in [0.25, 0.3) is 22.2 Å². The molecule has 67 heavy (non-hydrogen) atoms. The lowest BCUT2D eigenvalue weighted by molar-refractivity contribution is -0.222. The molecule has 1 saturated heterocycles. The van der Waals surface area contributed by atoms with Gasteiger partial charge in [-0.2, -0.15) is 13.2 Å². The Hall–Kier alpha value is -5.66. The van der Waals surface area contributed by atoms with E-state index in [4.69, 9.17) is 19.2 Å². The first-order valence-electron chi connectivity index (χ1n) is 22.7. The van der Waals surface area contributed by atoms with Crippen LogP contribution in [0.3, 0.4) is 0 Å². The Bertz CT molecular complexity index is 2520. The van der Waals surface area contributed by atoms with Crippen LogP contribution < -0.4 is 24.2 Å². The Morgan fingerprint density at radius 3 is 2.39 bits per heavy atom. The van der Waals surface area contributed by atoms with Crippen molar-refractivity contribution in [2.24, 2.45) is 17.8 Å². The minimum absolute atomic E-state index is 0.0370. The van der Waals surface area contributed by atoms with Crippen molar-refractivity contribution in [2.45, 2.75) is 140 Å². The number of methoxy groups -OCH3 is 1. The fourth-order valence-electron chi connectivity index (χ4n) is 9.26. The number of carbonyl (C=O) groups excluding carboxylic acids is 3. The second-order valence-corrected chi connectivity index (χ2v) is 21.0. The molecule has 1 aromatic carbocycles. The zero-order valence-corrected chi connectivity index (χ0v) is 39.4. The van der Waals surface area contributed by atoms with Gasteiger partial charge < -0.3 is 29.5 Å². The number of fused-ring (bicyclic) bond motifs is 3. The molecule has 364 valence electrons. The molecule has 0 spiro atoms. The van der Waals surface area contributed by atoms with Crippen LogP contribution in [0.4, 0.5) is 18.0 Å². The first-order valence-corrected chi connectivity index (χ1v) is 24.3. The van der Waals surface area contributed by atoms with Gasteiger partial charge >= 0.3 is 12.3 Å². The number of hydrogen-bond donors (Lipinski definition) is 3. The normalized spacial score (nSPS) is 26.6. The van der Waals surface area contributed by atoms with E-state index in [1.165, 1.54) is 7.11 Å². The lowest BCUT2D eigenvalue weighted by Gasteiger charge is -2.46. The largest absolute Gasteiger partial charge is 0.497 e. The van der Waals surface area contributed by atoms with Gasteiger partial charge in [-0.05, 0) is 120 Å². The van der Waals surface area contributed by atoms with Crippen molar-refractivity contribution in [1.82, 2.24) is 29.8 Å². The molecule has 0 radical (unpaired) electrons. The zero-order chi connectivity index (χ0) is 48.8. The van der Waals surface area contributed by atoms with E-state index in [-0.39, 0.29) is 48.5 Å². The lowest BCUT2D eigenvalue weighted by atomic mass is 9.82. The zero-order valence-electron chi connectivity index (χ0n) is 38.6. The highest BCUT2D eigenvalue weighted by molar-refractivity contribution is 7.91. The molecule has 4 amide bonds. The molecule has 2 saturated carbocycles. The summed E-state index contributed by atoms with van der Waals surface area (Å²) in [5.74, 6) is -3.54. The number of carbonyl (C=O) groups is 4. The Morgan fingerprint density at radius 1 is 1.06 bits per heavy atom. The van der Waals surface area contributed by atoms with E-state index in [0.29, 0.717) is 73.2 Å². The Morgan fingerprint density at radius 2 is 1.78 bits per heavy atom. The van der Waals surface area contributed by atoms with Crippen molar-refractivity contribution >= 4 is 44.6 Å². The van der Waals surface area contributed by atoms with Crippen LogP contribution >= 0.6 is 0 Å². The summed E-state index contributed by atoms with van der Waals surface area (Å²) in [6, 6.07) is 6.95. The van der Waals surface area contributed by atoms with Crippen molar-refractivity contribution in [2.75, 3.05) is 13.7 Å². The molecule has 3 N–H and O–H groups in total. The SMILES string of the molecule is CC[C@@H]1C[C@@H](C)CC/C=C\[C@@H]2C[C@@]2(C(=O)NS(=O)(=O)C2CC2)NC(=O)[C@@H]2C[C@@H](Oc3nc(-c4ccc(OC(C)C)cn4)cc4cc(OC)ccc34)CN2C(=O)[C@H]1N(C(=O)O)C(C)(C)C(F)(F)F. The predicted molar refractivity (Wildman–Crippen MR) is 241 cm³/mol. The van der Waals surface area contributed by atoms with Gasteiger partial charge in [-0.3, -0.25) is 29.0 Å². The monoisotopic (exact) mass is 956 g/mol. The molecule has 3 fully saturated rings. The molecule has 2 aromatic heterocycles. The molecule has 0 bridgehead atoms. The molecule has 3 aromatic rings. The Labute approximate surface area is 388 Å². The van der Waals surface area contributed by atoms with E-state index in [2.05, 4.69) is 15.0 Å². The van der Waals surface area contributed by atoms with Crippen LogP contribution in [0.2, 0.25) is 0 Å². The predicted octanol–water partition coefficient (Wildman–Crippen LogP) is 7.02. The molecule has 4 heterocycles. The number of benzene rings is 1. The van der Waals surface area contributed by atoms with Gasteiger partial charge in [-0.1, -0.05) is 32.4 Å². The molecule has 4 aliphatic rings. The topological polar surface area (TPSA) is 207 Å². The quantitative estimate of drug-likeness (QED) is 0.157. The summed E-state index contributed by atoms with van der Waals surface area (Å²) in [7, 11) is -2.55. The van der Waals surface area contributed by atoms with Crippen molar-refractivity contribution in [1.29, 1.82) is 0 Å². The van der Waals surface area contributed by atoms with Gasteiger partial charge in [-0.25, -0.2) is 18.2 Å². The van der Waals surface area contributed by atoms with Crippen LogP contribution in [-0.4, -0.2) is 118 Å². The summed E-state index contributed by atoms with van der Waals surface area (Å²) in [5.41, 5.74) is -3.98. The number of alkyl halides is 3. The smallest absolute Gasteiger partial charge is 0.411 e. The summed E-state index contributed by atoms with van der Waals surface area (Å²) in [6.45, 7) is 8.31. The minimum Gasteiger partial charge on any atom is -0.497 e. The average Bonchev–Trinajstić information content (AvgIpc) is 4.19. The van der Waals surface area contributed by atoms with Gasteiger partial charge in [0.2, 0.25) is 27.7 Å². The number of ether oxygens (including phenoxy) is 3. The van der Waals surface area contributed by atoms with E-state index in [1.807, 2.05) is 26.8 Å². The number of hydrogen-bond acceptors (Lipinski definition) is 11. The Balaban J connectivity index is 1.32. The third-order valence-electron chi connectivity index (χ3n) is 13.4. The number of rotatable bonds is 12. The van der Waals surface area contributed by atoms with Crippen LogP contribution in [0.15, 0.2) is 54.7 Å². The van der Waals surface area contributed by atoms with Crippen molar-refractivity contribution in [3.63, 3.8) is 0 Å². The van der Waals surface area contributed by atoms with E-state index in [9.17, 15) is 41.1 Å². The number of amides is 4. The van der Waals surface area contributed by atoms with Crippen LogP contribution in [0, 0.1) is 17.8 Å². The second-order valence-electron chi connectivity index (χ2n) is 19.0. The number of sulfonamides is 1. The van der Waals surface area contributed by atoms with E-state index in [0.717, 1.165) is 4.90 Å². The fourth-order valence-corrected chi connectivity index (χ4v) is 10.6. The minimum atomic E-state index is -5.12. The van der Waals surface area contributed by atoms with Gasteiger partial charge in [0, 0.05) is 17.7 Å². The number of pyridine rings is 2. The van der Waals surface area contributed by atoms with E-state index >= 15 is 4.79 Å². The molecule has 7 atom stereocenters. The molecule has 16 nitrogen and oxygen atoms in total.